The molecule has 0 spiro atoms. The van der Waals surface area contributed by atoms with E-state index >= 15 is 35.1 Å². The second kappa shape index (κ2) is 12.3. The summed E-state index contributed by atoms with van der Waals surface area (Å²) in [6.45, 7) is 0. The van der Waals surface area contributed by atoms with Crippen molar-refractivity contribution in [2.75, 3.05) is 0 Å². The van der Waals surface area contributed by atoms with Gasteiger partial charge >= 0.3 is 17.1 Å². The molecular weight excluding hydrogens is 864 g/mol. The van der Waals surface area contributed by atoms with E-state index in [0.717, 1.165) is 0 Å². The van der Waals surface area contributed by atoms with Gasteiger partial charge in [0.1, 0.15) is 0 Å². The molecule has 0 atom stereocenters. The molecule has 8 bridgehead atoms. The molecule has 25 heteroatoms. The summed E-state index contributed by atoms with van der Waals surface area (Å²) in [6, 6.07) is 0. The van der Waals surface area contributed by atoms with Crippen molar-refractivity contribution in [3.8, 4) is 45.6 Å². The van der Waals surface area contributed by atoms with Gasteiger partial charge in [-0.1, -0.05) is 0 Å². The van der Waals surface area contributed by atoms with Crippen LogP contribution in [0.5, 0.6) is 0 Å². The summed E-state index contributed by atoms with van der Waals surface area (Å²) in [4.78, 5) is 28.3. The zero-order valence-corrected chi connectivity index (χ0v) is 26.9. The first kappa shape index (κ1) is 37.6. The molecule has 1 radical (unpaired) electrons. The summed E-state index contributed by atoms with van der Waals surface area (Å²) >= 11 is 0. The average molecular weight is 864 g/mol. The standard InChI is InChI=1S/C32F16N8.Cu/c33-9-1-2(10(34)18(42)17(9)41)26-49-25(1)53-27-3-4(12(36)20(44)19(43)11(3)35)29(50-27)55-31-7-8(16(40)24(48)23(47)15(7)39)32(52-31)56-30-6-5(28(51-30)54-26)13(37)21(45)22(46)14(6)38;/q-2;+2. The van der Waals surface area contributed by atoms with Crippen LogP contribution >= 0.6 is 0 Å². The normalized spacial score (nSPS) is 12.1. The summed E-state index contributed by atoms with van der Waals surface area (Å²) < 4.78 is 240. The monoisotopic (exact) mass is 863 g/mol. The molecule has 0 fully saturated rings. The molecule has 7 aromatic rings. The molecule has 2 aliphatic heterocycles. The summed E-state index contributed by atoms with van der Waals surface area (Å²) in [7, 11) is 0. The Morgan fingerprint density at radius 3 is 0.596 bits per heavy atom. The number of benzene rings is 4. The topological polar surface area (TPSA) is 106 Å². The molecule has 2 aliphatic rings. The maximum Gasteiger partial charge on any atom is 2.00 e. The van der Waals surface area contributed by atoms with Crippen LogP contribution < -0.4 is 9.97 Å². The number of fused-ring (bicyclic) bond motifs is 20. The fourth-order valence-electron chi connectivity index (χ4n) is 6.10. The van der Waals surface area contributed by atoms with Crippen LogP contribution in [0.1, 0.15) is 0 Å². The van der Waals surface area contributed by atoms with Gasteiger partial charge < -0.3 is 29.9 Å². The van der Waals surface area contributed by atoms with Crippen molar-refractivity contribution in [2.24, 2.45) is 0 Å². The third kappa shape index (κ3) is 4.77. The maximum absolute atomic E-state index is 15.4. The SMILES string of the molecule is Fc1c(F)c(F)c2c(c1F)-c1nc-2nc2[n-]c(nc3nc(nc4[n-]c(n1)c1c(F)c(F)c(F)c(F)c41)-c1c(F)c(F)c(F)c(F)c1-3)c1c(F)c(F)c(F)c(F)c21.[Cu+2]. The molecule has 0 unspecified atom stereocenters. The zero-order chi connectivity index (χ0) is 40.1. The van der Waals surface area contributed by atoms with E-state index in [1.807, 2.05) is 0 Å². The van der Waals surface area contributed by atoms with Gasteiger partial charge in [-0.05, 0) is 0 Å². The molecule has 0 N–H and O–H groups in total. The molecule has 0 saturated heterocycles. The first-order valence-corrected chi connectivity index (χ1v) is 14.6. The van der Waals surface area contributed by atoms with Gasteiger partial charge in [0.05, 0.1) is 45.6 Å². The molecule has 9 rings (SSSR count). The maximum atomic E-state index is 15.4. The van der Waals surface area contributed by atoms with Gasteiger partial charge in [0.2, 0.25) is 0 Å². The number of hydrogen-bond acceptors (Lipinski definition) is 6. The van der Waals surface area contributed by atoms with Crippen molar-refractivity contribution in [2.45, 2.75) is 0 Å². The van der Waals surface area contributed by atoms with Gasteiger partial charge in [-0.3, -0.25) is 0 Å². The number of hydrogen-bond donors (Lipinski definition) is 0. The van der Waals surface area contributed by atoms with E-state index in [1.54, 1.807) is 0 Å². The first-order valence-electron chi connectivity index (χ1n) is 14.6. The zero-order valence-electron chi connectivity index (χ0n) is 25.9. The van der Waals surface area contributed by atoms with Crippen LogP contribution in [0.15, 0.2) is 0 Å². The minimum absolute atomic E-state index is 0. The number of halogens is 16. The van der Waals surface area contributed by atoms with Crippen LogP contribution in [0.4, 0.5) is 70.2 Å². The van der Waals surface area contributed by atoms with E-state index < -0.39 is 183 Å². The Kier molecular flexibility index (Phi) is 8.12. The smallest absolute Gasteiger partial charge is 0.357 e. The Labute approximate surface area is 309 Å². The van der Waals surface area contributed by atoms with E-state index in [-0.39, 0.29) is 17.1 Å². The molecule has 8 nitrogen and oxygen atoms in total. The third-order valence-electron chi connectivity index (χ3n) is 8.55. The van der Waals surface area contributed by atoms with Crippen LogP contribution in [0, 0.1) is 93.1 Å². The van der Waals surface area contributed by atoms with Crippen molar-refractivity contribution in [1.82, 2.24) is 39.9 Å². The van der Waals surface area contributed by atoms with E-state index in [9.17, 15) is 35.1 Å². The molecule has 5 heterocycles. The largest absolute Gasteiger partial charge is 2.00 e. The van der Waals surface area contributed by atoms with E-state index in [0.29, 0.717) is 0 Å². The van der Waals surface area contributed by atoms with Crippen LogP contribution in [0.25, 0.3) is 89.7 Å². The molecular formula is C32CuF16N8. The fourth-order valence-corrected chi connectivity index (χ4v) is 6.10. The molecule has 0 saturated carbocycles. The van der Waals surface area contributed by atoms with Gasteiger partial charge in [-0.15, -0.1) is 0 Å². The average Bonchev–Trinajstić information content (AvgIpc) is 3.92. The van der Waals surface area contributed by atoms with Crippen LogP contribution in [-0.2, 0) is 17.1 Å². The van der Waals surface area contributed by atoms with Gasteiger partial charge in [-0.2, -0.15) is 0 Å². The predicted octanol–water partition coefficient (Wildman–Crippen LogP) is 8.35. The van der Waals surface area contributed by atoms with Crippen molar-refractivity contribution >= 4 is 44.1 Å². The third-order valence-corrected chi connectivity index (χ3v) is 8.55. The molecule has 4 aromatic carbocycles. The Balaban J connectivity index is 0.00000455. The van der Waals surface area contributed by atoms with E-state index in [4.69, 9.17) is 0 Å². The molecule has 57 heavy (non-hydrogen) atoms. The molecule has 0 amide bonds. The fraction of sp³-hybridized carbons (Fsp3) is 0. The Hall–Kier alpha value is -6.36. The Bertz CT molecular complexity index is 2820. The Morgan fingerprint density at radius 1 is 0.228 bits per heavy atom. The van der Waals surface area contributed by atoms with Gasteiger partial charge in [0, 0.05) is 44.1 Å². The summed E-state index contributed by atoms with van der Waals surface area (Å²) in [5, 5.41) is -6.07. The van der Waals surface area contributed by atoms with Crippen LogP contribution in [0.2, 0.25) is 0 Å². The van der Waals surface area contributed by atoms with Gasteiger partial charge in [0.15, 0.2) is 93.1 Å². The first-order chi connectivity index (χ1) is 26.4. The molecule has 0 aliphatic carbocycles. The van der Waals surface area contributed by atoms with E-state index in [1.165, 1.54) is 0 Å². The quantitative estimate of drug-likeness (QED) is 0.0649. The predicted molar refractivity (Wildman–Crippen MR) is 153 cm³/mol. The van der Waals surface area contributed by atoms with E-state index in [2.05, 4.69) is 39.9 Å². The number of nitrogens with zero attached hydrogens (tertiary/aromatic N) is 8. The van der Waals surface area contributed by atoms with Crippen molar-refractivity contribution in [3.05, 3.63) is 93.1 Å². The Morgan fingerprint density at radius 2 is 0.404 bits per heavy atom. The second-order valence-corrected chi connectivity index (χ2v) is 11.5. The van der Waals surface area contributed by atoms with Gasteiger partial charge in [-0.25, -0.2) is 80.2 Å². The van der Waals surface area contributed by atoms with Crippen molar-refractivity contribution < 1.29 is 87.3 Å². The molecule has 291 valence electrons. The minimum atomic E-state index is -2.55. The van der Waals surface area contributed by atoms with Crippen molar-refractivity contribution in [3.63, 3.8) is 0 Å². The molecule has 3 aromatic heterocycles. The van der Waals surface area contributed by atoms with Crippen LogP contribution in [-0.4, -0.2) is 29.9 Å². The summed E-state index contributed by atoms with van der Waals surface area (Å²) in [5.74, 6) is -44.8. The minimum Gasteiger partial charge on any atom is -0.357 e. The van der Waals surface area contributed by atoms with Crippen molar-refractivity contribution in [1.29, 1.82) is 0 Å². The second-order valence-electron chi connectivity index (χ2n) is 11.5. The van der Waals surface area contributed by atoms with Crippen LogP contribution in [0.3, 0.4) is 0 Å². The van der Waals surface area contributed by atoms with Gasteiger partial charge in [0.25, 0.3) is 0 Å². The number of aromatic nitrogens is 8. The summed E-state index contributed by atoms with van der Waals surface area (Å²) in [6.07, 6.45) is 0. The summed E-state index contributed by atoms with van der Waals surface area (Å²) in [5.41, 5.74) is -11.8. The number of rotatable bonds is 0.